The standard InChI is InChI=1S/C15H27NO5/c1-4-13(12(15(18)19)9-11(2)3)16(10-17)21-14-7-5-6-8-20-14/h10-14H,4-9H2,1-3H3,(H,18,19)/t12-,13+,14?/m1/s1. The minimum absolute atomic E-state index is 0.236. The maximum absolute atomic E-state index is 11.5. The first-order valence-electron chi connectivity index (χ1n) is 7.74. The number of hydrogen-bond donors (Lipinski definition) is 1. The summed E-state index contributed by atoms with van der Waals surface area (Å²) in [7, 11) is 0. The normalized spacial score (nSPS) is 21.8. The smallest absolute Gasteiger partial charge is 0.308 e. The molecule has 1 N–H and O–H groups in total. The van der Waals surface area contributed by atoms with Crippen LogP contribution in [-0.4, -0.2) is 41.5 Å². The Hall–Kier alpha value is -1.14. The molecule has 1 unspecified atom stereocenters. The van der Waals surface area contributed by atoms with Crippen LogP contribution in [0.5, 0.6) is 0 Å². The molecule has 1 aliphatic heterocycles. The van der Waals surface area contributed by atoms with Crippen molar-refractivity contribution >= 4 is 12.4 Å². The molecular weight excluding hydrogens is 274 g/mol. The van der Waals surface area contributed by atoms with Gasteiger partial charge in [-0.3, -0.25) is 9.59 Å². The molecule has 6 nitrogen and oxygen atoms in total. The molecule has 0 spiro atoms. The molecule has 1 amide bonds. The summed E-state index contributed by atoms with van der Waals surface area (Å²) in [5.74, 6) is -1.29. The summed E-state index contributed by atoms with van der Waals surface area (Å²) in [4.78, 5) is 28.4. The van der Waals surface area contributed by atoms with Crippen LogP contribution in [0.15, 0.2) is 0 Å². The Kier molecular flexibility index (Phi) is 7.67. The largest absolute Gasteiger partial charge is 0.481 e. The lowest BCUT2D eigenvalue weighted by molar-refractivity contribution is -0.290. The molecule has 122 valence electrons. The van der Waals surface area contributed by atoms with Gasteiger partial charge < -0.3 is 9.84 Å². The van der Waals surface area contributed by atoms with E-state index in [9.17, 15) is 14.7 Å². The van der Waals surface area contributed by atoms with Gasteiger partial charge in [0.15, 0.2) is 6.29 Å². The van der Waals surface area contributed by atoms with Gasteiger partial charge in [-0.05, 0) is 31.6 Å². The monoisotopic (exact) mass is 301 g/mol. The zero-order valence-corrected chi connectivity index (χ0v) is 13.2. The molecule has 1 heterocycles. The number of carbonyl (C=O) groups excluding carboxylic acids is 1. The van der Waals surface area contributed by atoms with Gasteiger partial charge in [0, 0.05) is 13.0 Å². The fourth-order valence-electron chi connectivity index (χ4n) is 2.68. The van der Waals surface area contributed by atoms with E-state index in [1.54, 1.807) is 0 Å². The first-order chi connectivity index (χ1) is 9.99. The second-order valence-corrected chi connectivity index (χ2v) is 5.92. The number of hydroxylamine groups is 2. The highest BCUT2D eigenvalue weighted by Crippen LogP contribution is 2.24. The van der Waals surface area contributed by atoms with Gasteiger partial charge in [-0.1, -0.05) is 20.8 Å². The summed E-state index contributed by atoms with van der Waals surface area (Å²) in [6, 6.07) is -0.479. The molecular formula is C15H27NO5. The van der Waals surface area contributed by atoms with Crippen LogP contribution in [-0.2, 0) is 19.2 Å². The van der Waals surface area contributed by atoms with E-state index in [2.05, 4.69) is 0 Å². The van der Waals surface area contributed by atoms with Crippen LogP contribution in [0.1, 0.15) is 52.9 Å². The van der Waals surface area contributed by atoms with Crippen molar-refractivity contribution in [1.29, 1.82) is 0 Å². The topological polar surface area (TPSA) is 76.1 Å². The van der Waals surface area contributed by atoms with E-state index in [1.165, 1.54) is 0 Å². The Morgan fingerprint density at radius 1 is 1.48 bits per heavy atom. The third-order valence-electron chi connectivity index (χ3n) is 3.73. The lowest BCUT2D eigenvalue weighted by Crippen LogP contribution is -2.45. The van der Waals surface area contributed by atoms with Crippen molar-refractivity contribution in [2.75, 3.05) is 6.61 Å². The van der Waals surface area contributed by atoms with E-state index < -0.39 is 24.2 Å². The number of carboxylic acid groups (broad SMARTS) is 1. The van der Waals surface area contributed by atoms with Crippen molar-refractivity contribution in [2.24, 2.45) is 11.8 Å². The molecule has 1 fully saturated rings. The zero-order chi connectivity index (χ0) is 15.8. The molecule has 0 aromatic heterocycles. The number of carboxylic acids is 1. The summed E-state index contributed by atoms with van der Waals surface area (Å²) in [6.45, 7) is 6.42. The third-order valence-corrected chi connectivity index (χ3v) is 3.73. The first kappa shape index (κ1) is 17.9. The van der Waals surface area contributed by atoms with Crippen molar-refractivity contribution in [3.05, 3.63) is 0 Å². The van der Waals surface area contributed by atoms with Crippen LogP contribution in [0.25, 0.3) is 0 Å². The first-order valence-corrected chi connectivity index (χ1v) is 7.74. The van der Waals surface area contributed by atoms with Crippen LogP contribution in [0.2, 0.25) is 0 Å². The van der Waals surface area contributed by atoms with Gasteiger partial charge in [0.05, 0.1) is 12.0 Å². The molecule has 3 atom stereocenters. The molecule has 0 bridgehead atoms. The van der Waals surface area contributed by atoms with E-state index in [4.69, 9.17) is 9.57 Å². The number of ether oxygens (including phenoxy) is 1. The predicted octanol–water partition coefficient (Wildman–Crippen LogP) is 2.43. The summed E-state index contributed by atoms with van der Waals surface area (Å²) in [6.07, 6.45) is 3.85. The van der Waals surface area contributed by atoms with E-state index in [0.29, 0.717) is 25.9 Å². The molecule has 6 heteroatoms. The maximum atomic E-state index is 11.5. The third kappa shape index (κ3) is 5.63. The number of aliphatic carboxylic acids is 1. The summed E-state index contributed by atoms with van der Waals surface area (Å²) in [5, 5.41) is 10.6. The van der Waals surface area contributed by atoms with Gasteiger partial charge >= 0.3 is 5.97 Å². The molecule has 0 radical (unpaired) electrons. The van der Waals surface area contributed by atoms with Crippen LogP contribution < -0.4 is 0 Å². The Balaban J connectivity index is 2.75. The van der Waals surface area contributed by atoms with E-state index in [1.807, 2.05) is 20.8 Å². The van der Waals surface area contributed by atoms with E-state index in [-0.39, 0.29) is 5.92 Å². The fraction of sp³-hybridized carbons (Fsp3) is 0.867. The lowest BCUT2D eigenvalue weighted by Gasteiger charge is -2.35. The van der Waals surface area contributed by atoms with Crippen LogP contribution >= 0.6 is 0 Å². The minimum atomic E-state index is -0.893. The fourth-order valence-corrected chi connectivity index (χ4v) is 2.68. The SMILES string of the molecule is CC[C@@H]([C@@H](CC(C)C)C(=O)O)N(C=O)OC1CCCCO1. The summed E-state index contributed by atoms with van der Waals surface area (Å²) < 4.78 is 5.46. The predicted molar refractivity (Wildman–Crippen MR) is 77.2 cm³/mol. The highest BCUT2D eigenvalue weighted by Gasteiger charge is 2.34. The second kappa shape index (κ2) is 9.00. The van der Waals surface area contributed by atoms with Crippen LogP contribution in [0, 0.1) is 11.8 Å². The Bertz CT molecular complexity index is 328. The summed E-state index contributed by atoms with van der Waals surface area (Å²) in [5.41, 5.74) is 0. The zero-order valence-electron chi connectivity index (χ0n) is 13.2. The van der Waals surface area contributed by atoms with Gasteiger partial charge in [-0.15, -0.1) is 0 Å². The lowest BCUT2D eigenvalue weighted by atomic mass is 9.89. The Morgan fingerprint density at radius 2 is 2.19 bits per heavy atom. The Labute approximate surface area is 126 Å². The molecule has 1 rings (SSSR count). The minimum Gasteiger partial charge on any atom is -0.481 e. The Morgan fingerprint density at radius 3 is 2.62 bits per heavy atom. The van der Waals surface area contributed by atoms with Crippen molar-refractivity contribution < 1.29 is 24.3 Å². The second-order valence-electron chi connectivity index (χ2n) is 5.92. The average molecular weight is 301 g/mol. The van der Waals surface area contributed by atoms with Crippen molar-refractivity contribution in [3.63, 3.8) is 0 Å². The van der Waals surface area contributed by atoms with Gasteiger partial charge in [-0.2, -0.15) is 0 Å². The van der Waals surface area contributed by atoms with Gasteiger partial charge in [0.1, 0.15) is 0 Å². The molecule has 1 aliphatic rings. The van der Waals surface area contributed by atoms with Gasteiger partial charge in [0.2, 0.25) is 6.41 Å². The van der Waals surface area contributed by atoms with Crippen LogP contribution in [0.3, 0.4) is 0 Å². The number of rotatable bonds is 9. The maximum Gasteiger partial charge on any atom is 0.308 e. The summed E-state index contributed by atoms with van der Waals surface area (Å²) >= 11 is 0. The number of nitrogens with zero attached hydrogens (tertiary/aromatic N) is 1. The quantitative estimate of drug-likeness (QED) is 0.523. The van der Waals surface area contributed by atoms with E-state index >= 15 is 0 Å². The number of amides is 1. The molecule has 0 aromatic carbocycles. The molecule has 21 heavy (non-hydrogen) atoms. The van der Waals surface area contributed by atoms with Gasteiger partial charge in [0.25, 0.3) is 0 Å². The van der Waals surface area contributed by atoms with Crippen molar-refractivity contribution in [3.8, 4) is 0 Å². The highest BCUT2D eigenvalue weighted by atomic mass is 16.8. The molecule has 0 saturated carbocycles. The number of carbonyl (C=O) groups is 2. The van der Waals surface area contributed by atoms with Crippen molar-refractivity contribution in [1.82, 2.24) is 5.06 Å². The van der Waals surface area contributed by atoms with Gasteiger partial charge in [-0.25, -0.2) is 9.90 Å². The average Bonchev–Trinajstić information content (AvgIpc) is 2.46. The van der Waals surface area contributed by atoms with Crippen LogP contribution in [0.4, 0.5) is 0 Å². The van der Waals surface area contributed by atoms with E-state index in [0.717, 1.165) is 24.3 Å². The number of hydrogen-bond acceptors (Lipinski definition) is 4. The molecule has 1 saturated heterocycles. The highest BCUT2D eigenvalue weighted by molar-refractivity contribution is 5.71. The molecule has 0 aromatic rings. The molecule has 0 aliphatic carbocycles. The van der Waals surface area contributed by atoms with Crippen molar-refractivity contribution in [2.45, 2.75) is 65.2 Å².